The summed E-state index contributed by atoms with van der Waals surface area (Å²) in [5.74, 6) is 0.613. The highest BCUT2D eigenvalue weighted by atomic mass is 16.6. The van der Waals surface area contributed by atoms with Gasteiger partial charge in [0.25, 0.3) is 11.2 Å². The summed E-state index contributed by atoms with van der Waals surface area (Å²) in [6, 6.07) is 12.3. The number of nitro groups is 1. The lowest BCUT2D eigenvalue weighted by atomic mass is 10.0. The molecule has 0 bridgehead atoms. The van der Waals surface area contributed by atoms with Gasteiger partial charge >= 0.3 is 5.69 Å². The highest BCUT2D eigenvalue weighted by Crippen LogP contribution is 2.43. The standard InChI is InChI=1S/C25H24N4O6/c1-14-9-10-15(13-17(14)29(32)33)20-19-21(26(2)25(31)27(3)24(19)30)22-23(35-12-11-28(20)22)16-7-5-6-8-18(16)34-4/h5-10,13,23H,11-12H2,1-4H3/t23-/m1/s1. The molecule has 1 aliphatic heterocycles. The molecule has 180 valence electrons. The van der Waals surface area contributed by atoms with Gasteiger partial charge in [0.15, 0.2) is 0 Å². The fourth-order valence-electron chi connectivity index (χ4n) is 4.95. The molecule has 0 unspecified atom stereocenters. The molecule has 5 rings (SSSR count). The SMILES string of the molecule is COc1ccccc1[C@H]1OCCn2c(-c3ccc(C)c([N+](=O)[O-])c3)c3c(=O)n(C)c(=O)n(C)c3c21. The summed E-state index contributed by atoms with van der Waals surface area (Å²) in [7, 11) is 4.61. The zero-order valence-corrected chi connectivity index (χ0v) is 19.8. The van der Waals surface area contributed by atoms with E-state index in [0.29, 0.717) is 52.3 Å². The van der Waals surface area contributed by atoms with E-state index in [1.165, 1.54) is 17.7 Å². The van der Waals surface area contributed by atoms with Gasteiger partial charge in [0.05, 0.1) is 40.9 Å². The van der Waals surface area contributed by atoms with Gasteiger partial charge in [0.2, 0.25) is 0 Å². The van der Waals surface area contributed by atoms with Crippen molar-refractivity contribution in [3.8, 4) is 17.0 Å². The van der Waals surface area contributed by atoms with Crippen molar-refractivity contribution in [1.29, 1.82) is 0 Å². The van der Waals surface area contributed by atoms with Crippen LogP contribution in [-0.2, 0) is 25.4 Å². The first kappa shape index (κ1) is 22.6. The van der Waals surface area contributed by atoms with Gasteiger partial charge in [-0.2, -0.15) is 0 Å². The van der Waals surface area contributed by atoms with Crippen LogP contribution in [0.2, 0.25) is 0 Å². The Morgan fingerprint density at radius 1 is 1.11 bits per heavy atom. The number of nitrogens with zero attached hydrogens (tertiary/aromatic N) is 4. The molecule has 0 amide bonds. The predicted molar refractivity (Wildman–Crippen MR) is 130 cm³/mol. The average Bonchev–Trinajstić information content (AvgIpc) is 3.22. The van der Waals surface area contributed by atoms with Crippen LogP contribution < -0.4 is 16.0 Å². The molecule has 2 aromatic carbocycles. The van der Waals surface area contributed by atoms with E-state index < -0.39 is 22.3 Å². The van der Waals surface area contributed by atoms with E-state index in [4.69, 9.17) is 9.47 Å². The van der Waals surface area contributed by atoms with E-state index >= 15 is 0 Å². The topological polar surface area (TPSA) is 111 Å². The molecule has 4 aromatic rings. The maximum Gasteiger partial charge on any atom is 0.331 e. The normalized spacial score (nSPS) is 15.3. The molecule has 0 spiro atoms. The van der Waals surface area contributed by atoms with Crippen LogP contribution in [0.1, 0.15) is 22.9 Å². The van der Waals surface area contributed by atoms with Crippen molar-refractivity contribution in [2.45, 2.75) is 19.6 Å². The van der Waals surface area contributed by atoms with Crippen LogP contribution in [0.4, 0.5) is 5.69 Å². The van der Waals surface area contributed by atoms with Gasteiger partial charge in [-0.1, -0.05) is 30.3 Å². The molecule has 0 aliphatic carbocycles. The molecule has 10 heteroatoms. The lowest BCUT2D eigenvalue weighted by Crippen LogP contribution is -2.37. The minimum absolute atomic E-state index is 0.0406. The third-order valence-electron chi connectivity index (χ3n) is 6.65. The summed E-state index contributed by atoms with van der Waals surface area (Å²) in [4.78, 5) is 37.7. The van der Waals surface area contributed by atoms with Crippen molar-refractivity contribution in [3.63, 3.8) is 0 Å². The van der Waals surface area contributed by atoms with Crippen LogP contribution in [0.15, 0.2) is 52.1 Å². The highest BCUT2D eigenvalue weighted by Gasteiger charge is 2.34. The van der Waals surface area contributed by atoms with Crippen molar-refractivity contribution < 1.29 is 14.4 Å². The van der Waals surface area contributed by atoms with Crippen molar-refractivity contribution in [2.24, 2.45) is 14.1 Å². The van der Waals surface area contributed by atoms with Crippen molar-refractivity contribution in [1.82, 2.24) is 13.7 Å². The van der Waals surface area contributed by atoms with Crippen molar-refractivity contribution in [2.75, 3.05) is 13.7 Å². The van der Waals surface area contributed by atoms with Gasteiger partial charge in [0, 0.05) is 43.4 Å². The summed E-state index contributed by atoms with van der Waals surface area (Å²) in [6.45, 7) is 2.41. The van der Waals surface area contributed by atoms with E-state index in [1.807, 2.05) is 28.8 Å². The minimum Gasteiger partial charge on any atom is -0.496 e. The van der Waals surface area contributed by atoms with E-state index in [9.17, 15) is 19.7 Å². The largest absolute Gasteiger partial charge is 0.496 e. The van der Waals surface area contributed by atoms with Gasteiger partial charge in [-0.15, -0.1) is 0 Å². The molecule has 0 saturated carbocycles. The molecule has 0 fully saturated rings. The molecule has 10 nitrogen and oxygen atoms in total. The fraction of sp³-hybridized carbons (Fsp3) is 0.280. The van der Waals surface area contributed by atoms with Gasteiger partial charge in [-0.05, 0) is 13.0 Å². The Hall–Kier alpha value is -4.18. The van der Waals surface area contributed by atoms with Crippen molar-refractivity contribution >= 4 is 16.6 Å². The number of benzene rings is 2. The fourth-order valence-corrected chi connectivity index (χ4v) is 4.95. The molecule has 3 heterocycles. The molecular formula is C25H24N4O6. The number of ether oxygens (including phenoxy) is 2. The Morgan fingerprint density at radius 3 is 2.57 bits per heavy atom. The number of nitro benzene ring substituents is 1. The monoisotopic (exact) mass is 476 g/mol. The lowest BCUT2D eigenvalue weighted by molar-refractivity contribution is -0.385. The van der Waals surface area contributed by atoms with Crippen LogP contribution in [0.25, 0.3) is 22.2 Å². The van der Waals surface area contributed by atoms with Crippen LogP contribution in [0.5, 0.6) is 5.75 Å². The first-order valence-corrected chi connectivity index (χ1v) is 11.1. The number of rotatable bonds is 4. The smallest absolute Gasteiger partial charge is 0.331 e. The van der Waals surface area contributed by atoms with Gasteiger partial charge in [-0.25, -0.2) is 4.79 Å². The lowest BCUT2D eigenvalue weighted by Gasteiger charge is -2.28. The predicted octanol–water partition coefficient (Wildman–Crippen LogP) is 3.05. The molecule has 0 N–H and O–H groups in total. The van der Waals surface area contributed by atoms with E-state index in [1.54, 1.807) is 33.2 Å². The Morgan fingerprint density at radius 2 is 1.86 bits per heavy atom. The quantitative estimate of drug-likeness (QED) is 0.331. The maximum absolute atomic E-state index is 13.5. The van der Waals surface area contributed by atoms with E-state index in [2.05, 4.69) is 0 Å². The molecule has 1 atom stereocenters. The Balaban J connectivity index is 1.95. The first-order valence-electron chi connectivity index (χ1n) is 11.1. The van der Waals surface area contributed by atoms with Gasteiger partial charge < -0.3 is 14.0 Å². The van der Waals surface area contributed by atoms with E-state index in [-0.39, 0.29) is 5.69 Å². The average molecular weight is 476 g/mol. The number of aromatic nitrogens is 3. The molecule has 0 radical (unpaired) electrons. The highest BCUT2D eigenvalue weighted by molar-refractivity contribution is 5.97. The molecule has 0 saturated heterocycles. The summed E-state index contributed by atoms with van der Waals surface area (Å²) < 4.78 is 16.2. The summed E-state index contributed by atoms with van der Waals surface area (Å²) in [5.41, 5.74) is 2.41. The second kappa shape index (κ2) is 8.24. The van der Waals surface area contributed by atoms with Crippen LogP contribution >= 0.6 is 0 Å². The minimum atomic E-state index is -0.616. The van der Waals surface area contributed by atoms with Crippen LogP contribution in [0, 0.1) is 17.0 Å². The number of aryl methyl sites for hydroxylation is 2. The number of para-hydroxylation sites is 1. The second-order valence-corrected chi connectivity index (χ2v) is 8.57. The summed E-state index contributed by atoms with van der Waals surface area (Å²) >= 11 is 0. The van der Waals surface area contributed by atoms with Gasteiger partial charge in [-0.3, -0.25) is 24.0 Å². The number of fused-ring (bicyclic) bond motifs is 3. The van der Waals surface area contributed by atoms with Crippen molar-refractivity contribution in [3.05, 3.63) is 90.2 Å². The summed E-state index contributed by atoms with van der Waals surface area (Å²) in [6.07, 6.45) is -0.616. The molecule has 35 heavy (non-hydrogen) atoms. The third-order valence-corrected chi connectivity index (χ3v) is 6.65. The van der Waals surface area contributed by atoms with Gasteiger partial charge in [0.1, 0.15) is 11.9 Å². The second-order valence-electron chi connectivity index (χ2n) is 8.57. The maximum atomic E-state index is 13.5. The molecular weight excluding hydrogens is 452 g/mol. The zero-order valence-electron chi connectivity index (χ0n) is 19.8. The van der Waals surface area contributed by atoms with E-state index in [0.717, 1.165) is 10.1 Å². The van der Waals surface area contributed by atoms with Crippen LogP contribution in [0.3, 0.4) is 0 Å². The first-order chi connectivity index (χ1) is 16.8. The number of hydrogen-bond acceptors (Lipinski definition) is 6. The molecule has 1 aliphatic rings. The van der Waals surface area contributed by atoms with Crippen LogP contribution in [-0.4, -0.2) is 32.3 Å². The number of methoxy groups -OCH3 is 1. The number of hydrogen-bond donors (Lipinski definition) is 0. The Bertz CT molecular complexity index is 1630. The Kier molecular flexibility index (Phi) is 5.32. The Labute approximate surface area is 199 Å². The zero-order chi connectivity index (χ0) is 25.0. The third kappa shape index (κ3) is 3.28. The summed E-state index contributed by atoms with van der Waals surface area (Å²) in [5, 5.41) is 12.0. The molecule has 2 aromatic heterocycles.